The van der Waals surface area contributed by atoms with E-state index in [0.717, 1.165) is 14.9 Å². The largest absolute Gasteiger partial charge is 0.320 e. The number of nitrogens with two attached hydrogens (primary N) is 1. The third kappa shape index (κ3) is 3.16. The molecule has 1 aromatic heterocycles. The SMILES string of the molecule is NC(c1cc(Cl)cc(Cl)c1)c1cc(Br)c(Cl)s1. The standard InChI is InChI=1S/C11H7BrCl3NS/c12-8-4-9(17-11(8)15)10(16)5-1-6(13)3-7(14)2-5/h1-4,10H,16H2. The van der Waals surface area contributed by atoms with Crippen molar-refractivity contribution in [2.45, 2.75) is 6.04 Å². The molecule has 0 bridgehead atoms. The van der Waals surface area contributed by atoms with Crippen LogP contribution in [0.15, 0.2) is 28.7 Å². The van der Waals surface area contributed by atoms with Crippen molar-refractivity contribution in [1.82, 2.24) is 0 Å². The lowest BCUT2D eigenvalue weighted by molar-refractivity contribution is 0.893. The number of benzene rings is 1. The summed E-state index contributed by atoms with van der Waals surface area (Å²) < 4.78 is 1.53. The molecule has 0 saturated heterocycles. The third-order valence-electron chi connectivity index (χ3n) is 2.21. The monoisotopic (exact) mass is 369 g/mol. The molecule has 2 rings (SSSR count). The first kappa shape index (κ1) is 13.7. The van der Waals surface area contributed by atoms with Crippen molar-refractivity contribution in [2.24, 2.45) is 5.73 Å². The first-order valence-electron chi connectivity index (χ1n) is 4.63. The average Bonchev–Trinajstić information content (AvgIpc) is 2.57. The summed E-state index contributed by atoms with van der Waals surface area (Å²) in [6, 6.07) is 6.92. The van der Waals surface area contributed by atoms with Crippen LogP contribution in [0.3, 0.4) is 0 Å². The van der Waals surface area contributed by atoms with Crippen LogP contribution in [-0.4, -0.2) is 0 Å². The van der Waals surface area contributed by atoms with E-state index in [9.17, 15) is 0 Å². The molecule has 2 N–H and O–H groups in total. The molecule has 17 heavy (non-hydrogen) atoms. The predicted molar refractivity (Wildman–Crippen MR) is 79.5 cm³/mol. The molecule has 0 aliphatic rings. The summed E-state index contributed by atoms with van der Waals surface area (Å²) in [6.45, 7) is 0. The lowest BCUT2D eigenvalue weighted by Gasteiger charge is -2.10. The maximum atomic E-state index is 6.15. The Kier molecular flexibility index (Phi) is 4.40. The fourth-order valence-electron chi connectivity index (χ4n) is 1.44. The number of rotatable bonds is 2. The average molecular weight is 372 g/mol. The van der Waals surface area contributed by atoms with Crippen LogP contribution in [0.25, 0.3) is 0 Å². The number of hydrogen-bond donors (Lipinski definition) is 1. The Balaban J connectivity index is 2.39. The first-order chi connectivity index (χ1) is 7.97. The summed E-state index contributed by atoms with van der Waals surface area (Å²) in [7, 11) is 0. The second-order valence-corrected chi connectivity index (χ2v) is 6.86. The molecular weight excluding hydrogens is 364 g/mol. The first-order valence-corrected chi connectivity index (χ1v) is 7.38. The van der Waals surface area contributed by atoms with E-state index >= 15 is 0 Å². The van der Waals surface area contributed by atoms with Crippen LogP contribution in [0.2, 0.25) is 14.4 Å². The molecule has 1 aromatic carbocycles. The maximum absolute atomic E-state index is 6.15. The molecule has 0 fully saturated rings. The van der Waals surface area contributed by atoms with E-state index in [1.165, 1.54) is 11.3 Å². The summed E-state index contributed by atoms with van der Waals surface area (Å²) >= 11 is 22.7. The number of thiophene rings is 1. The molecule has 0 spiro atoms. The van der Waals surface area contributed by atoms with Crippen molar-refractivity contribution in [3.05, 3.63) is 53.6 Å². The Labute approximate surface area is 127 Å². The lowest BCUT2D eigenvalue weighted by Crippen LogP contribution is -2.10. The van der Waals surface area contributed by atoms with Crippen LogP contribution in [0.4, 0.5) is 0 Å². The van der Waals surface area contributed by atoms with Gasteiger partial charge in [0.1, 0.15) is 4.34 Å². The van der Waals surface area contributed by atoms with Crippen molar-refractivity contribution in [3.63, 3.8) is 0 Å². The van der Waals surface area contributed by atoms with Gasteiger partial charge < -0.3 is 5.73 Å². The Morgan fingerprint density at radius 3 is 2.12 bits per heavy atom. The molecule has 90 valence electrons. The van der Waals surface area contributed by atoms with Gasteiger partial charge in [0.2, 0.25) is 0 Å². The highest BCUT2D eigenvalue weighted by atomic mass is 79.9. The molecule has 1 nitrogen and oxygen atoms in total. The van der Waals surface area contributed by atoms with Gasteiger partial charge >= 0.3 is 0 Å². The van der Waals surface area contributed by atoms with Gasteiger partial charge in [-0.05, 0) is 45.8 Å². The zero-order valence-corrected chi connectivity index (χ0v) is 13.1. The highest BCUT2D eigenvalue weighted by molar-refractivity contribution is 9.10. The van der Waals surface area contributed by atoms with Gasteiger partial charge in [0.25, 0.3) is 0 Å². The van der Waals surface area contributed by atoms with E-state index < -0.39 is 0 Å². The van der Waals surface area contributed by atoms with Gasteiger partial charge in [-0.2, -0.15) is 0 Å². The minimum Gasteiger partial charge on any atom is -0.320 e. The number of hydrogen-bond acceptors (Lipinski definition) is 2. The molecule has 6 heteroatoms. The predicted octanol–water partition coefficient (Wildman–Crippen LogP) is 5.52. The van der Waals surface area contributed by atoms with Gasteiger partial charge in [-0.3, -0.25) is 0 Å². The van der Waals surface area contributed by atoms with Crippen LogP contribution in [-0.2, 0) is 0 Å². The van der Waals surface area contributed by atoms with E-state index in [-0.39, 0.29) is 6.04 Å². The van der Waals surface area contributed by atoms with Crippen molar-refractivity contribution in [3.8, 4) is 0 Å². The van der Waals surface area contributed by atoms with Gasteiger partial charge in [0.15, 0.2) is 0 Å². The molecule has 1 heterocycles. The number of halogens is 4. The minimum atomic E-state index is -0.278. The normalized spacial score (nSPS) is 12.8. The van der Waals surface area contributed by atoms with Gasteiger partial charge in [-0.15, -0.1) is 11.3 Å². The van der Waals surface area contributed by atoms with Crippen LogP contribution < -0.4 is 5.73 Å². The topological polar surface area (TPSA) is 26.0 Å². The van der Waals surface area contributed by atoms with E-state index in [0.29, 0.717) is 14.4 Å². The molecule has 0 aliphatic carbocycles. The molecule has 1 unspecified atom stereocenters. The van der Waals surface area contributed by atoms with Gasteiger partial charge in [-0.1, -0.05) is 34.8 Å². The quantitative estimate of drug-likeness (QED) is 0.739. The van der Waals surface area contributed by atoms with E-state index in [1.807, 2.05) is 6.07 Å². The zero-order chi connectivity index (χ0) is 12.6. The molecule has 0 amide bonds. The van der Waals surface area contributed by atoms with Crippen LogP contribution in [0.1, 0.15) is 16.5 Å². The summed E-state index contributed by atoms with van der Waals surface area (Å²) in [5.41, 5.74) is 7.02. The summed E-state index contributed by atoms with van der Waals surface area (Å²) in [5.74, 6) is 0. The van der Waals surface area contributed by atoms with Crippen molar-refractivity contribution in [1.29, 1.82) is 0 Å². The smallest absolute Gasteiger partial charge is 0.107 e. The maximum Gasteiger partial charge on any atom is 0.107 e. The van der Waals surface area contributed by atoms with Gasteiger partial charge in [-0.25, -0.2) is 0 Å². The second-order valence-electron chi connectivity index (χ2n) is 3.45. The van der Waals surface area contributed by atoms with Crippen molar-refractivity contribution in [2.75, 3.05) is 0 Å². The second kappa shape index (κ2) is 5.47. The molecule has 2 aromatic rings. The van der Waals surface area contributed by atoms with Gasteiger partial charge in [0, 0.05) is 19.4 Å². The molecule has 0 saturated carbocycles. The van der Waals surface area contributed by atoms with Crippen molar-refractivity contribution < 1.29 is 0 Å². The minimum absolute atomic E-state index is 0.278. The van der Waals surface area contributed by atoms with Crippen LogP contribution in [0.5, 0.6) is 0 Å². The molecular formula is C11H7BrCl3NS. The fourth-order valence-corrected chi connectivity index (χ4v) is 3.74. The lowest BCUT2D eigenvalue weighted by atomic mass is 10.1. The van der Waals surface area contributed by atoms with Crippen molar-refractivity contribution >= 4 is 62.1 Å². The summed E-state index contributed by atoms with van der Waals surface area (Å²) in [5, 5.41) is 1.15. The highest BCUT2D eigenvalue weighted by Gasteiger charge is 2.15. The zero-order valence-electron chi connectivity index (χ0n) is 8.38. The highest BCUT2D eigenvalue weighted by Crippen LogP contribution is 2.37. The molecule has 1 atom stereocenters. The Hall–Kier alpha value is 0.230. The van der Waals surface area contributed by atoms with E-state index in [4.69, 9.17) is 40.5 Å². The Morgan fingerprint density at radius 1 is 1.06 bits per heavy atom. The van der Waals surface area contributed by atoms with E-state index in [2.05, 4.69) is 15.9 Å². The Bertz CT molecular complexity index is 516. The molecule has 0 aliphatic heterocycles. The van der Waals surface area contributed by atoms with Crippen LogP contribution in [0, 0.1) is 0 Å². The molecule has 0 radical (unpaired) electrons. The summed E-state index contributed by atoms with van der Waals surface area (Å²) in [4.78, 5) is 0.959. The Morgan fingerprint density at radius 2 is 1.65 bits per heavy atom. The van der Waals surface area contributed by atoms with Crippen LogP contribution >= 0.6 is 62.1 Å². The summed E-state index contributed by atoms with van der Waals surface area (Å²) in [6.07, 6.45) is 0. The van der Waals surface area contributed by atoms with Gasteiger partial charge in [0.05, 0.1) is 6.04 Å². The van der Waals surface area contributed by atoms with E-state index in [1.54, 1.807) is 18.2 Å². The third-order valence-corrected chi connectivity index (χ3v) is 5.21. The fraction of sp³-hybridized carbons (Fsp3) is 0.0909.